The van der Waals surface area contributed by atoms with Crippen LogP contribution < -0.4 is 15.4 Å². The highest BCUT2D eigenvalue weighted by Gasteiger charge is 2.05. The Hall–Kier alpha value is -2.56. The number of aryl methyl sites for hydroxylation is 1. The zero-order valence-corrected chi connectivity index (χ0v) is 11.9. The van der Waals surface area contributed by atoms with Crippen molar-refractivity contribution >= 4 is 17.3 Å². The van der Waals surface area contributed by atoms with Crippen LogP contribution in [0.25, 0.3) is 0 Å². The topological polar surface area (TPSA) is 50.4 Å². The molecule has 0 aromatic heterocycles. The normalized spacial score (nSPS) is 10.0. The van der Waals surface area contributed by atoms with E-state index in [1.807, 2.05) is 31.2 Å². The van der Waals surface area contributed by atoms with Crippen molar-refractivity contribution < 1.29 is 13.9 Å². The van der Waals surface area contributed by atoms with E-state index in [-0.39, 0.29) is 18.2 Å². The number of hydrogen-bond acceptors (Lipinski definition) is 3. The van der Waals surface area contributed by atoms with Crippen LogP contribution in [0.15, 0.2) is 42.5 Å². The Balaban J connectivity index is 1.90. The molecule has 2 aromatic carbocycles. The lowest BCUT2D eigenvalue weighted by Gasteiger charge is -2.09. The third-order valence-corrected chi connectivity index (χ3v) is 2.94. The van der Waals surface area contributed by atoms with E-state index in [0.29, 0.717) is 5.69 Å². The number of carbonyl (C=O) groups excluding carboxylic acids is 1. The molecular weight excluding hydrogens is 271 g/mol. The average Bonchev–Trinajstić information content (AvgIpc) is 2.49. The summed E-state index contributed by atoms with van der Waals surface area (Å²) in [6.45, 7) is 2.07. The molecule has 0 spiro atoms. The van der Waals surface area contributed by atoms with E-state index >= 15 is 0 Å². The molecule has 0 aliphatic carbocycles. The highest BCUT2D eigenvalue weighted by atomic mass is 19.1. The second kappa shape index (κ2) is 6.74. The molecule has 2 aromatic rings. The SMILES string of the molecule is COc1cc(NCC(=O)Nc2ccc(C)cc2)ccc1F. The van der Waals surface area contributed by atoms with Crippen LogP contribution in [-0.2, 0) is 4.79 Å². The molecule has 0 aliphatic rings. The van der Waals surface area contributed by atoms with Gasteiger partial charge in [-0.15, -0.1) is 0 Å². The van der Waals surface area contributed by atoms with E-state index in [1.54, 1.807) is 6.07 Å². The van der Waals surface area contributed by atoms with Crippen LogP contribution in [0.1, 0.15) is 5.56 Å². The maximum Gasteiger partial charge on any atom is 0.243 e. The molecule has 0 aliphatic heterocycles. The van der Waals surface area contributed by atoms with Crippen LogP contribution in [0.5, 0.6) is 5.75 Å². The molecule has 110 valence electrons. The molecular formula is C16H17FN2O2. The Morgan fingerprint density at radius 1 is 1.14 bits per heavy atom. The van der Waals surface area contributed by atoms with Gasteiger partial charge in [0.15, 0.2) is 11.6 Å². The largest absolute Gasteiger partial charge is 0.494 e. The van der Waals surface area contributed by atoms with Gasteiger partial charge in [-0.3, -0.25) is 4.79 Å². The summed E-state index contributed by atoms with van der Waals surface area (Å²) in [6, 6.07) is 11.9. The Morgan fingerprint density at radius 3 is 2.48 bits per heavy atom. The number of nitrogens with one attached hydrogen (secondary N) is 2. The first-order chi connectivity index (χ1) is 10.1. The molecule has 0 saturated carbocycles. The fraction of sp³-hybridized carbons (Fsp3) is 0.188. The Labute approximate surface area is 122 Å². The molecule has 2 N–H and O–H groups in total. The van der Waals surface area contributed by atoms with E-state index in [1.165, 1.54) is 19.2 Å². The van der Waals surface area contributed by atoms with E-state index in [2.05, 4.69) is 10.6 Å². The number of anilines is 2. The van der Waals surface area contributed by atoms with Gasteiger partial charge in [0.25, 0.3) is 0 Å². The number of ether oxygens (including phenoxy) is 1. The van der Waals surface area contributed by atoms with Crippen LogP contribution in [-0.4, -0.2) is 19.6 Å². The van der Waals surface area contributed by atoms with Crippen LogP contribution in [0.4, 0.5) is 15.8 Å². The summed E-state index contributed by atoms with van der Waals surface area (Å²) >= 11 is 0. The summed E-state index contributed by atoms with van der Waals surface area (Å²) in [5.74, 6) is -0.478. The van der Waals surface area contributed by atoms with E-state index in [9.17, 15) is 9.18 Å². The van der Waals surface area contributed by atoms with Gasteiger partial charge >= 0.3 is 0 Å². The minimum atomic E-state index is -0.438. The molecule has 0 unspecified atom stereocenters. The summed E-state index contributed by atoms with van der Waals surface area (Å²) < 4.78 is 18.1. The lowest BCUT2D eigenvalue weighted by Crippen LogP contribution is -2.21. The molecule has 5 heteroatoms. The summed E-state index contributed by atoms with van der Waals surface area (Å²) in [5.41, 5.74) is 2.49. The number of rotatable bonds is 5. The third-order valence-electron chi connectivity index (χ3n) is 2.94. The van der Waals surface area contributed by atoms with Gasteiger partial charge in [0, 0.05) is 17.4 Å². The van der Waals surface area contributed by atoms with Crippen molar-refractivity contribution in [3.05, 3.63) is 53.8 Å². The molecule has 0 bridgehead atoms. The highest BCUT2D eigenvalue weighted by molar-refractivity contribution is 5.93. The molecule has 2 rings (SSSR count). The monoisotopic (exact) mass is 288 g/mol. The Kier molecular flexibility index (Phi) is 4.77. The number of benzene rings is 2. The third kappa shape index (κ3) is 4.21. The number of halogens is 1. The number of amides is 1. The summed E-state index contributed by atoms with van der Waals surface area (Å²) in [6.07, 6.45) is 0. The average molecular weight is 288 g/mol. The van der Waals surface area contributed by atoms with Gasteiger partial charge in [-0.1, -0.05) is 17.7 Å². The minimum absolute atomic E-state index is 0.0860. The van der Waals surface area contributed by atoms with Gasteiger partial charge in [0.1, 0.15) is 0 Å². The predicted octanol–water partition coefficient (Wildman–Crippen LogP) is 3.19. The van der Waals surface area contributed by atoms with Crippen molar-refractivity contribution in [1.82, 2.24) is 0 Å². The lowest BCUT2D eigenvalue weighted by molar-refractivity contribution is -0.114. The summed E-state index contributed by atoms with van der Waals surface area (Å²) in [5, 5.41) is 5.69. The molecule has 0 saturated heterocycles. The van der Waals surface area contributed by atoms with Crippen LogP contribution >= 0.6 is 0 Å². The Morgan fingerprint density at radius 2 is 1.81 bits per heavy atom. The van der Waals surface area contributed by atoms with Crippen LogP contribution in [0.3, 0.4) is 0 Å². The second-order valence-electron chi connectivity index (χ2n) is 4.62. The highest BCUT2D eigenvalue weighted by Crippen LogP contribution is 2.21. The Bertz CT molecular complexity index is 627. The molecule has 0 fully saturated rings. The quantitative estimate of drug-likeness (QED) is 0.888. The first kappa shape index (κ1) is 14.8. The fourth-order valence-corrected chi connectivity index (χ4v) is 1.79. The number of methoxy groups -OCH3 is 1. The standard InChI is InChI=1S/C16H17FN2O2/c1-11-3-5-12(6-4-11)19-16(20)10-18-13-7-8-14(17)15(9-13)21-2/h3-9,18H,10H2,1-2H3,(H,19,20). The van der Waals surface area contributed by atoms with Gasteiger partial charge in [0.2, 0.25) is 5.91 Å². The first-order valence-corrected chi connectivity index (χ1v) is 6.52. The zero-order valence-electron chi connectivity index (χ0n) is 11.9. The summed E-state index contributed by atoms with van der Waals surface area (Å²) in [7, 11) is 1.40. The number of carbonyl (C=O) groups is 1. The molecule has 0 atom stereocenters. The van der Waals surface area contributed by atoms with E-state index in [0.717, 1.165) is 11.3 Å². The minimum Gasteiger partial charge on any atom is -0.494 e. The van der Waals surface area contributed by atoms with Crippen molar-refractivity contribution in [3.8, 4) is 5.75 Å². The second-order valence-corrected chi connectivity index (χ2v) is 4.62. The van der Waals surface area contributed by atoms with Crippen LogP contribution in [0, 0.1) is 12.7 Å². The van der Waals surface area contributed by atoms with Crippen molar-refractivity contribution in [2.45, 2.75) is 6.92 Å². The van der Waals surface area contributed by atoms with E-state index in [4.69, 9.17) is 4.74 Å². The molecule has 0 heterocycles. The molecule has 21 heavy (non-hydrogen) atoms. The molecule has 4 nitrogen and oxygen atoms in total. The van der Waals surface area contributed by atoms with Gasteiger partial charge in [0.05, 0.1) is 13.7 Å². The van der Waals surface area contributed by atoms with Crippen LogP contribution in [0.2, 0.25) is 0 Å². The summed E-state index contributed by atoms with van der Waals surface area (Å²) in [4.78, 5) is 11.8. The zero-order chi connectivity index (χ0) is 15.2. The molecule has 1 amide bonds. The lowest BCUT2D eigenvalue weighted by atomic mass is 10.2. The van der Waals surface area contributed by atoms with Gasteiger partial charge in [-0.25, -0.2) is 4.39 Å². The van der Waals surface area contributed by atoms with Gasteiger partial charge in [-0.2, -0.15) is 0 Å². The van der Waals surface area contributed by atoms with Crippen molar-refractivity contribution in [1.29, 1.82) is 0 Å². The van der Waals surface area contributed by atoms with Gasteiger partial charge in [-0.05, 0) is 31.2 Å². The fourth-order valence-electron chi connectivity index (χ4n) is 1.79. The maximum atomic E-state index is 13.3. The first-order valence-electron chi connectivity index (χ1n) is 6.52. The van der Waals surface area contributed by atoms with Gasteiger partial charge < -0.3 is 15.4 Å². The molecule has 0 radical (unpaired) electrons. The maximum absolute atomic E-state index is 13.3. The van der Waals surface area contributed by atoms with Crippen molar-refractivity contribution in [2.24, 2.45) is 0 Å². The number of hydrogen-bond donors (Lipinski definition) is 2. The van der Waals surface area contributed by atoms with Crippen molar-refractivity contribution in [3.63, 3.8) is 0 Å². The predicted molar refractivity (Wildman–Crippen MR) is 81.3 cm³/mol. The van der Waals surface area contributed by atoms with Crippen molar-refractivity contribution in [2.75, 3.05) is 24.3 Å². The van der Waals surface area contributed by atoms with E-state index < -0.39 is 5.82 Å². The smallest absolute Gasteiger partial charge is 0.243 e.